The monoisotopic (exact) mass is 390 g/mol. The van der Waals surface area contributed by atoms with Crippen LogP contribution in [0.1, 0.15) is 50.4 Å². The van der Waals surface area contributed by atoms with Gasteiger partial charge in [-0.1, -0.05) is 69.0 Å². The fourth-order valence-corrected chi connectivity index (χ4v) is 4.20. The second-order valence-electron chi connectivity index (χ2n) is 8.85. The molecule has 146 valence electrons. The molecule has 0 aliphatic rings. The van der Waals surface area contributed by atoms with Crippen LogP contribution in [0, 0.1) is 18.8 Å². The SMILES string of the molecule is Cc1ccc(C(CC#Cc2cccc3ccccc23)O[Si](C)(C)C(C)(C)C)o1. The lowest BCUT2D eigenvalue weighted by Crippen LogP contribution is -2.41. The Bertz CT molecular complexity index is 1010. The summed E-state index contributed by atoms with van der Waals surface area (Å²) < 4.78 is 12.6. The summed E-state index contributed by atoms with van der Waals surface area (Å²) in [5.41, 5.74) is 1.06. The zero-order valence-electron chi connectivity index (χ0n) is 17.8. The molecule has 0 bridgehead atoms. The van der Waals surface area contributed by atoms with Gasteiger partial charge in [0.15, 0.2) is 8.32 Å². The summed E-state index contributed by atoms with van der Waals surface area (Å²) in [7, 11) is -1.94. The first-order valence-corrected chi connectivity index (χ1v) is 12.8. The maximum Gasteiger partial charge on any atom is 0.193 e. The van der Waals surface area contributed by atoms with Crippen molar-refractivity contribution in [1.29, 1.82) is 0 Å². The Morgan fingerprint density at radius 1 is 1.00 bits per heavy atom. The van der Waals surface area contributed by atoms with Gasteiger partial charge in [-0.3, -0.25) is 0 Å². The van der Waals surface area contributed by atoms with Crippen LogP contribution in [0.15, 0.2) is 59.0 Å². The minimum atomic E-state index is -1.94. The van der Waals surface area contributed by atoms with Crippen molar-refractivity contribution in [2.24, 2.45) is 0 Å². The van der Waals surface area contributed by atoms with Crippen LogP contribution < -0.4 is 0 Å². The highest BCUT2D eigenvalue weighted by molar-refractivity contribution is 6.74. The van der Waals surface area contributed by atoms with Gasteiger partial charge in [0.1, 0.15) is 17.6 Å². The molecule has 0 saturated carbocycles. The van der Waals surface area contributed by atoms with E-state index in [1.54, 1.807) is 0 Å². The van der Waals surface area contributed by atoms with Crippen LogP contribution in [0.2, 0.25) is 18.1 Å². The lowest BCUT2D eigenvalue weighted by atomic mass is 10.0. The summed E-state index contributed by atoms with van der Waals surface area (Å²) in [6.07, 6.45) is 0.472. The van der Waals surface area contributed by atoms with E-state index in [0.717, 1.165) is 17.1 Å². The second-order valence-corrected chi connectivity index (χ2v) is 13.6. The van der Waals surface area contributed by atoms with Gasteiger partial charge in [-0.2, -0.15) is 0 Å². The van der Waals surface area contributed by atoms with E-state index in [2.05, 4.69) is 88.2 Å². The maximum atomic E-state index is 6.67. The molecule has 3 heteroatoms. The molecular formula is C25H30O2Si. The third-order valence-electron chi connectivity index (χ3n) is 5.62. The largest absolute Gasteiger partial charge is 0.464 e. The number of furan rings is 1. The maximum absolute atomic E-state index is 6.67. The molecule has 1 unspecified atom stereocenters. The van der Waals surface area contributed by atoms with E-state index in [9.17, 15) is 0 Å². The van der Waals surface area contributed by atoms with Crippen LogP contribution in [0.5, 0.6) is 0 Å². The Labute approximate surface area is 170 Å². The van der Waals surface area contributed by atoms with Gasteiger partial charge in [0.05, 0.1) is 0 Å². The highest BCUT2D eigenvalue weighted by Crippen LogP contribution is 2.40. The molecule has 0 spiro atoms. The first-order chi connectivity index (χ1) is 13.2. The molecule has 0 aliphatic carbocycles. The van der Waals surface area contributed by atoms with E-state index >= 15 is 0 Å². The minimum absolute atomic E-state index is 0.135. The molecule has 2 aromatic carbocycles. The van der Waals surface area contributed by atoms with E-state index in [0.29, 0.717) is 6.42 Å². The van der Waals surface area contributed by atoms with Crippen LogP contribution in [0.3, 0.4) is 0 Å². The number of aryl methyl sites for hydroxylation is 1. The first-order valence-electron chi connectivity index (χ1n) is 9.88. The molecule has 1 aromatic heterocycles. The summed E-state index contributed by atoms with van der Waals surface area (Å²) in [4.78, 5) is 0. The molecule has 2 nitrogen and oxygen atoms in total. The van der Waals surface area contributed by atoms with Crippen molar-refractivity contribution in [2.45, 2.75) is 58.4 Å². The summed E-state index contributed by atoms with van der Waals surface area (Å²) in [5.74, 6) is 8.50. The van der Waals surface area contributed by atoms with E-state index in [1.165, 1.54) is 10.8 Å². The van der Waals surface area contributed by atoms with Crippen LogP contribution in [-0.2, 0) is 4.43 Å². The number of fused-ring (bicyclic) bond motifs is 1. The molecule has 28 heavy (non-hydrogen) atoms. The van der Waals surface area contributed by atoms with Crippen LogP contribution in [0.4, 0.5) is 0 Å². The molecule has 0 saturated heterocycles. The van der Waals surface area contributed by atoms with Crippen molar-refractivity contribution in [1.82, 2.24) is 0 Å². The molecule has 1 atom stereocenters. The van der Waals surface area contributed by atoms with Crippen molar-refractivity contribution in [2.75, 3.05) is 0 Å². The Morgan fingerprint density at radius 3 is 2.39 bits per heavy atom. The predicted octanol–water partition coefficient (Wildman–Crippen LogP) is 7.25. The van der Waals surface area contributed by atoms with Crippen LogP contribution in [0.25, 0.3) is 10.8 Å². The molecule has 3 aromatic rings. The zero-order chi connectivity index (χ0) is 20.4. The minimum Gasteiger partial charge on any atom is -0.464 e. The third-order valence-corrected chi connectivity index (χ3v) is 10.1. The Balaban J connectivity index is 1.88. The normalized spacial score (nSPS) is 13.2. The number of hydrogen-bond donors (Lipinski definition) is 0. The van der Waals surface area contributed by atoms with Crippen molar-refractivity contribution < 1.29 is 8.84 Å². The lowest BCUT2D eigenvalue weighted by Gasteiger charge is -2.38. The Kier molecular flexibility index (Phi) is 5.84. The van der Waals surface area contributed by atoms with Crippen molar-refractivity contribution >= 4 is 19.1 Å². The molecule has 0 radical (unpaired) electrons. The van der Waals surface area contributed by atoms with Crippen LogP contribution >= 0.6 is 0 Å². The van der Waals surface area contributed by atoms with E-state index < -0.39 is 8.32 Å². The molecule has 0 amide bonds. The topological polar surface area (TPSA) is 22.4 Å². The lowest BCUT2D eigenvalue weighted by molar-refractivity contribution is 0.160. The van der Waals surface area contributed by atoms with Crippen LogP contribution in [-0.4, -0.2) is 8.32 Å². The number of benzene rings is 2. The molecule has 3 rings (SSSR count). The third kappa shape index (κ3) is 4.58. The highest BCUT2D eigenvalue weighted by atomic mass is 28.4. The molecule has 1 heterocycles. The summed E-state index contributed by atoms with van der Waals surface area (Å²) >= 11 is 0. The molecule has 0 fully saturated rings. The van der Waals surface area contributed by atoms with Crippen molar-refractivity contribution in [3.8, 4) is 11.8 Å². The van der Waals surface area contributed by atoms with E-state index in [4.69, 9.17) is 8.84 Å². The van der Waals surface area contributed by atoms with E-state index in [1.807, 2.05) is 19.1 Å². The van der Waals surface area contributed by atoms with Gasteiger partial charge >= 0.3 is 0 Å². The van der Waals surface area contributed by atoms with Crippen molar-refractivity contribution in [3.05, 3.63) is 71.7 Å². The molecule has 0 N–H and O–H groups in total. The summed E-state index contributed by atoms with van der Waals surface area (Å²) in [5, 5.41) is 2.54. The number of hydrogen-bond acceptors (Lipinski definition) is 2. The van der Waals surface area contributed by atoms with Gasteiger partial charge < -0.3 is 8.84 Å². The highest BCUT2D eigenvalue weighted by Gasteiger charge is 2.39. The van der Waals surface area contributed by atoms with Gasteiger partial charge in [0, 0.05) is 12.0 Å². The quantitative estimate of drug-likeness (QED) is 0.346. The predicted molar refractivity (Wildman–Crippen MR) is 120 cm³/mol. The molecule has 0 aliphatic heterocycles. The van der Waals surface area contributed by atoms with Gasteiger partial charge in [-0.15, -0.1) is 0 Å². The average molecular weight is 391 g/mol. The van der Waals surface area contributed by atoms with Gasteiger partial charge in [-0.05, 0) is 54.0 Å². The average Bonchev–Trinajstić information content (AvgIpc) is 3.06. The fraction of sp³-hybridized carbons (Fsp3) is 0.360. The van der Waals surface area contributed by atoms with Gasteiger partial charge in [-0.25, -0.2) is 0 Å². The Hall–Kier alpha value is -2.28. The van der Waals surface area contributed by atoms with Gasteiger partial charge in [0.25, 0.3) is 0 Å². The summed E-state index contributed by atoms with van der Waals surface area (Å²) in [6.45, 7) is 13.3. The van der Waals surface area contributed by atoms with Gasteiger partial charge in [0.2, 0.25) is 0 Å². The van der Waals surface area contributed by atoms with E-state index in [-0.39, 0.29) is 11.1 Å². The fourth-order valence-electron chi connectivity index (χ4n) is 2.93. The Morgan fingerprint density at radius 2 is 1.71 bits per heavy atom. The zero-order valence-corrected chi connectivity index (χ0v) is 18.8. The van der Waals surface area contributed by atoms with Crippen molar-refractivity contribution in [3.63, 3.8) is 0 Å². The number of rotatable bonds is 4. The standard InChI is InChI=1S/C25H30O2Si/c1-19-17-18-23(26-19)24(27-28(5,6)25(2,3)4)16-10-14-21-13-9-12-20-11-7-8-15-22(20)21/h7-9,11-13,15,17-18,24H,16H2,1-6H3. The summed E-state index contributed by atoms with van der Waals surface area (Å²) in [6, 6.07) is 18.6. The first kappa shape index (κ1) is 20.5. The smallest absolute Gasteiger partial charge is 0.193 e. The second kappa shape index (κ2) is 7.99. The molecular weight excluding hydrogens is 360 g/mol.